The molecule has 1 N–H and O–H groups in total. The number of carboxylic acid groups (broad SMARTS) is 1. The predicted octanol–water partition coefficient (Wildman–Crippen LogP) is 4.32. The van der Waals surface area contributed by atoms with Gasteiger partial charge in [0.1, 0.15) is 24.4 Å². The van der Waals surface area contributed by atoms with E-state index in [1.54, 1.807) is 6.08 Å². The molecule has 5 atom stereocenters. The highest BCUT2D eigenvalue weighted by atomic mass is 16.6. The summed E-state index contributed by atoms with van der Waals surface area (Å²) < 4.78 is 29.3. The highest BCUT2D eigenvalue weighted by Crippen LogP contribution is 2.33. The zero-order valence-corrected chi connectivity index (χ0v) is 21.6. The van der Waals surface area contributed by atoms with Gasteiger partial charge in [0, 0.05) is 6.08 Å². The van der Waals surface area contributed by atoms with Crippen molar-refractivity contribution in [2.24, 2.45) is 0 Å². The van der Waals surface area contributed by atoms with Gasteiger partial charge in [0.05, 0.1) is 26.9 Å². The molecule has 8 heteroatoms. The number of benzene rings is 3. The molecule has 8 nitrogen and oxygen atoms in total. The molecular formula is C31H32O8. The van der Waals surface area contributed by atoms with Gasteiger partial charge in [-0.3, -0.25) is 0 Å². The lowest BCUT2D eigenvalue weighted by atomic mass is 10.0. The van der Waals surface area contributed by atoms with E-state index in [4.69, 9.17) is 23.7 Å². The van der Waals surface area contributed by atoms with Gasteiger partial charge in [0.15, 0.2) is 6.10 Å². The topological polar surface area (TPSA) is 104 Å². The molecule has 204 valence electrons. The largest absolute Gasteiger partial charge is 0.479 e. The standard InChI is InChI=1S/C31H32O8/c1-35-26(32)18-17-25(36-19-22-11-5-2-6-12-22)27(37-20-23-13-7-3-8-14-23)28(29-30(39-29)31(33)34)38-21-24-15-9-4-10-16-24/h2-18,25,27-30H,19-21H2,1H3,(H,33,34)/b18-17+/t25-,27+,28-,29-,30-/m1/s1. The zero-order valence-electron chi connectivity index (χ0n) is 21.6. The number of carbonyl (C=O) groups excluding carboxylic acids is 1. The molecule has 0 amide bonds. The summed E-state index contributed by atoms with van der Waals surface area (Å²) in [6.45, 7) is 0.634. The minimum Gasteiger partial charge on any atom is -0.479 e. The second kappa shape index (κ2) is 14.4. The monoisotopic (exact) mass is 532 g/mol. The molecule has 0 aliphatic carbocycles. The van der Waals surface area contributed by atoms with Crippen LogP contribution in [0.2, 0.25) is 0 Å². The summed E-state index contributed by atoms with van der Waals surface area (Å²) in [6, 6.07) is 28.7. The van der Waals surface area contributed by atoms with E-state index in [0.717, 1.165) is 16.7 Å². The smallest absolute Gasteiger partial charge is 0.335 e. The number of carboxylic acids is 1. The van der Waals surface area contributed by atoms with Crippen LogP contribution < -0.4 is 0 Å². The molecular weight excluding hydrogens is 500 g/mol. The van der Waals surface area contributed by atoms with Crippen molar-refractivity contribution in [3.63, 3.8) is 0 Å². The molecule has 1 aliphatic rings. The number of methoxy groups -OCH3 is 1. The molecule has 1 fully saturated rings. The summed E-state index contributed by atoms with van der Waals surface area (Å²) in [4.78, 5) is 23.8. The van der Waals surface area contributed by atoms with Crippen molar-refractivity contribution in [1.29, 1.82) is 0 Å². The van der Waals surface area contributed by atoms with Crippen molar-refractivity contribution in [3.05, 3.63) is 120 Å². The number of carbonyl (C=O) groups is 2. The Balaban J connectivity index is 1.64. The predicted molar refractivity (Wildman–Crippen MR) is 143 cm³/mol. The zero-order chi connectivity index (χ0) is 27.5. The van der Waals surface area contributed by atoms with Crippen molar-refractivity contribution in [2.45, 2.75) is 50.3 Å². The Labute approximate surface area is 227 Å². The minimum absolute atomic E-state index is 0.203. The number of hydrogen-bond acceptors (Lipinski definition) is 7. The average molecular weight is 533 g/mol. The van der Waals surface area contributed by atoms with Gasteiger partial charge in [-0.1, -0.05) is 91.0 Å². The van der Waals surface area contributed by atoms with Gasteiger partial charge >= 0.3 is 11.9 Å². The summed E-state index contributed by atoms with van der Waals surface area (Å²) in [7, 11) is 1.29. The van der Waals surface area contributed by atoms with Crippen LogP contribution in [0.5, 0.6) is 0 Å². The van der Waals surface area contributed by atoms with E-state index in [0.29, 0.717) is 0 Å². The Morgan fingerprint density at radius 1 is 0.795 bits per heavy atom. The summed E-state index contributed by atoms with van der Waals surface area (Å²) in [5, 5.41) is 9.62. The van der Waals surface area contributed by atoms with Gasteiger partial charge < -0.3 is 28.8 Å². The first-order valence-corrected chi connectivity index (χ1v) is 12.7. The van der Waals surface area contributed by atoms with Crippen LogP contribution in [0, 0.1) is 0 Å². The van der Waals surface area contributed by atoms with E-state index in [9.17, 15) is 14.7 Å². The van der Waals surface area contributed by atoms with Crippen LogP contribution in [0.4, 0.5) is 0 Å². The maximum Gasteiger partial charge on any atom is 0.335 e. The van der Waals surface area contributed by atoms with Crippen LogP contribution in [-0.2, 0) is 53.1 Å². The van der Waals surface area contributed by atoms with E-state index in [1.165, 1.54) is 13.2 Å². The first kappa shape index (κ1) is 28.2. The third kappa shape index (κ3) is 8.59. The SMILES string of the molecule is COC(=O)/C=C/[C@@H](OCc1ccccc1)[C@H](OCc1ccccc1)[C@@H](OCc1ccccc1)[C@H]1O[C@H]1C(=O)O. The number of rotatable bonds is 15. The Morgan fingerprint density at radius 3 is 1.74 bits per heavy atom. The normalized spacial score (nSPS) is 18.8. The lowest BCUT2D eigenvalue weighted by Gasteiger charge is -2.32. The van der Waals surface area contributed by atoms with Crippen molar-refractivity contribution >= 4 is 11.9 Å². The van der Waals surface area contributed by atoms with E-state index in [1.807, 2.05) is 91.0 Å². The summed E-state index contributed by atoms with van der Waals surface area (Å²) >= 11 is 0. The van der Waals surface area contributed by atoms with Crippen molar-refractivity contribution < 1.29 is 38.4 Å². The second-order valence-corrected chi connectivity index (χ2v) is 9.03. The lowest BCUT2D eigenvalue weighted by molar-refractivity contribution is -0.146. The number of hydrogen-bond donors (Lipinski definition) is 1. The van der Waals surface area contributed by atoms with Gasteiger partial charge in [-0.2, -0.15) is 0 Å². The molecule has 3 aromatic rings. The van der Waals surface area contributed by atoms with E-state index < -0.39 is 42.5 Å². The molecule has 1 heterocycles. The summed E-state index contributed by atoms with van der Waals surface area (Å²) in [5.41, 5.74) is 2.74. The van der Waals surface area contributed by atoms with Crippen molar-refractivity contribution in [2.75, 3.05) is 7.11 Å². The first-order valence-electron chi connectivity index (χ1n) is 12.7. The van der Waals surface area contributed by atoms with Gasteiger partial charge in [0.25, 0.3) is 0 Å². The van der Waals surface area contributed by atoms with Crippen molar-refractivity contribution in [1.82, 2.24) is 0 Å². The summed E-state index contributed by atoms with van der Waals surface area (Å²) in [6.07, 6.45) is -1.42. The number of ether oxygens (including phenoxy) is 5. The fourth-order valence-corrected chi connectivity index (χ4v) is 4.13. The Bertz CT molecular complexity index is 1200. The Kier molecular flexibility index (Phi) is 10.4. The fourth-order valence-electron chi connectivity index (χ4n) is 4.13. The number of esters is 1. The molecule has 0 unspecified atom stereocenters. The van der Waals surface area contributed by atoms with E-state index in [-0.39, 0.29) is 19.8 Å². The lowest BCUT2D eigenvalue weighted by Crippen LogP contribution is -2.45. The third-order valence-corrected chi connectivity index (χ3v) is 6.22. The van der Waals surface area contributed by atoms with Crippen LogP contribution in [0.1, 0.15) is 16.7 Å². The molecule has 0 bridgehead atoms. The minimum atomic E-state index is -1.08. The molecule has 1 saturated heterocycles. The van der Waals surface area contributed by atoms with Crippen LogP contribution in [0.15, 0.2) is 103 Å². The van der Waals surface area contributed by atoms with Crippen LogP contribution >= 0.6 is 0 Å². The Morgan fingerprint density at radius 2 is 1.28 bits per heavy atom. The molecule has 1 aliphatic heterocycles. The second-order valence-electron chi connectivity index (χ2n) is 9.03. The molecule has 0 spiro atoms. The molecule has 39 heavy (non-hydrogen) atoms. The van der Waals surface area contributed by atoms with Crippen LogP contribution in [-0.4, -0.2) is 54.7 Å². The van der Waals surface area contributed by atoms with Crippen molar-refractivity contribution in [3.8, 4) is 0 Å². The van der Waals surface area contributed by atoms with E-state index in [2.05, 4.69) is 0 Å². The number of aliphatic carboxylic acids is 1. The third-order valence-electron chi connectivity index (χ3n) is 6.22. The quantitative estimate of drug-likeness (QED) is 0.175. The molecule has 0 saturated carbocycles. The molecule has 4 rings (SSSR count). The van der Waals surface area contributed by atoms with Crippen LogP contribution in [0.25, 0.3) is 0 Å². The van der Waals surface area contributed by atoms with Gasteiger partial charge in [-0.25, -0.2) is 9.59 Å². The summed E-state index contributed by atoms with van der Waals surface area (Å²) in [5.74, 6) is -1.64. The highest BCUT2D eigenvalue weighted by molar-refractivity contribution is 5.81. The fraction of sp³-hybridized carbons (Fsp3) is 0.290. The maximum absolute atomic E-state index is 12.0. The van der Waals surface area contributed by atoms with E-state index >= 15 is 0 Å². The highest BCUT2D eigenvalue weighted by Gasteiger charge is 2.55. The molecule has 3 aromatic carbocycles. The van der Waals surface area contributed by atoms with Gasteiger partial charge in [0.2, 0.25) is 0 Å². The van der Waals surface area contributed by atoms with Gasteiger partial charge in [-0.15, -0.1) is 0 Å². The Hall–Kier alpha value is -3.82. The maximum atomic E-state index is 12.0. The van der Waals surface area contributed by atoms with Gasteiger partial charge in [-0.05, 0) is 22.8 Å². The number of epoxide rings is 1. The van der Waals surface area contributed by atoms with Crippen LogP contribution in [0.3, 0.4) is 0 Å². The molecule has 0 radical (unpaired) electrons. The average Bonchev–Trinajstić information content (AvgIpc) is 3.78. The molecule has 0 aromatic heterocycles. The first-order chi connectivity index (χ1) is 19.0.